The molecule has 1 heterocycles. The summed E-state index contributed by atoms with van der Waals surface area (Å²) in [7, 11) is 0. The highest BCUT2D eigenvalue weighted by molar-refractivity contribution is 5.65. The van der Waals surface area contributed by atoms with E-state index in [9.17, 15) is 5.26 Å². The second-order valence-corrected chi connectivity index (χ2v) is 4.77. The average Bonchev–Trinajstić information content (AvgIpc) is 2.93. The third-order valence-electron chi connectivity index (χ3n) is 3.43. The molecule has 1 aliphatic rings. The number of nitrogens with zero attached hydrogens (tertiary/aromatic N) is 3. The van der Waals surface area contributed by atoms with E-state index in [0.29, 0.717) is 16.9 Å². The first kappa shape index (κ1) is 12.2. The zero-order valence-electron chi connectivity index (χ0n) is 10.8. The molecule has 20 heavy (non-hydrogen) atoms. The minimum Gasteiger partial charge on any atom is -0.339 e. The van der Waals surface area contributed by atoms with Crippen LogP contribution in [0.5, 0.6) is 0 Å². The standard InChI is InChI=1S/C16H12N4/c17-9-11-3-1-5-14(7-11)19-16-13(10-18)8-12-4-2-6-15(12)20-16/h1,3,5,7-8H,2,4,6H2,(H,19,20). The molecule has 96 valence electrons. The number of aromatic nitrogens is 1. The average molecular weight is 260 g/mol. The van der Waals surface area contributed by atoms with Crippen molar-refractivity contribution in [1.29, 1.82) is 10.5 Å². The zero-order chi connectivity index (χ0) is 13.9. The lowest BCUT2D eigenvalue weighted by molar-refractivity contribution is 0.900. The van der Waals surface area contributed by atoms with E-state index in [1.54, 1.807) is 18.2 Å². The maximum absolute atomic E-state index is 9.25. The van der Waals surface area contributed by atoms with Crippen LogP contribution in [0.2, 0.25) is 0 Å². The number of pyridine rings is 1. The molecule has 3 rings (SSSR count). The van der Waals surface area contributed by atoms with Crippen molar-refractivity contribution in [3.8, 4) is 12.1 Å². The van der Waals surface area contributed by atoms with Gasteiger partial charge in [0.1, 0.15) is 11.9 Å². The fraction of sp³-hybridized carbons (Fsp3) is 0.188. The summed E-state index contributed by atoms with van der Waals surface area (Å²) in [5, 5.41) is 21.3. The van der Waals surface area contributed by atoms with Gasteiger partial charge < -0.3 is 5.32 Å². The summed E-state index contributed by atoms with van der Waals surface area (Å²) < 4.78 is 0. The van der Waals surface area contributed by atoms with Gasteiger partial charge in [-0.2, -0.15) is 10.5 Å². The van der Waals surface area contributed by atoms with Crippen molar-refractivity contribution in [2.24, 2.45) is 0 Å². The Morgan fingerprint density at radius 2 is 2.00 bits per heavy atom. The Balaban J connectivity index is 1.98. The lowest BCUT2D eigenvalue weighted by atomic mass is 10.1. The van der Waals surface area contributed by atoms with Crippen LogP contribution in [-0.2, 0) is 12.8 Å². The van der Waals surface area contributed by atoms with Gasteiger partial charge in [0.15, 0.2) is 0 Å². The predicted octanol–water partition coefficient (Wildman–Crippen LogP) is 3.06. The summed E-state index contributed by atoms with van der Waals surface area (Å²) in [5.74, 6) is 0.572. The summed E-state index contributed by atoms with van der Waals surface area (Å²) in [4.78, 5) is 4.56. The number of hydrogen-bond donors (Lipinski definition) is 1. The SMILES string of the molecule is N#Cc1cccc(Nc2nc3c(cc2C#N)CCC3)c1. The topological polar surface area (TPSA) is 72.5 Å². The maximum Gasteiger partial charge on any atom is 0.148 e. The molecule has 4 heteroatoms. The number of aryl methyl sites for hydroxylation is 2. The van der Waals surface area contributed by atoms with Gasteiger partial charge in [-0.05, 0) is 49.1 Å². The highest BCUT2D eigenvalue weighted by Gasteiger charge is 2.16. The summed E-state index contributed by atoms with van der Waals surface area (Å²) >= 11 is 0. The molecule has 0 radical (unpaired) electrons. The first-order chi connectivity index (χ1) is 9.80. The minimum absolute atomic E-state index is 0.549. The summed E-state index contributed by atoms with van der Waals surface area (Å²) in [5.41, 5.74) is 4.15. The van der Waals surface area contributed by atoms with Crippen LogP contribution < -0.4 is 5.32 Å². The zero-order valence-corrected chi connectivity index (χ0v) is 10.8. The number of nitriles is 2. The van der Waals surface area contributed by atoms with Gasteiger partial charge in [-0.25, -0.2) is 4.98 Å². The molecule has 0 spiro atoms. The number of benzene rings is 1. The van der Waals surface area contributed by atoms with Gasteiger partial charge in [-0.1, -0.05) is 6.07 Å². The molecule has 1 N–H and O–H groups in total. The molecule has 0 aliphatic heterocycles. The minimum atomic E-state index is 0.549. The van der Waals surface area contributed by atoms with Gasteiger partial charge in [-0.15, -0.1) is 0 Å². The fourth-order valence-electron chi connectivity index (χ4n) is 2.46. The maximum atomic E-state index is 9.25. The molecule has 0 fully saturated rings. The molecular formula is C16H12N4. The second-order valence-electron chi connectivity index (χ2n) is 4.77. The first-order valence-corrected chi connectivity index (χ1v) is 6.50. The van der Waals surface area contributed by atoms with E-state index in [0.717, 1.165) is 30.6 Å². The number of anilines is 2. The van der Waals surface area contributed by atoms with Gasteiger partial charge in [0.25, 0.3) is 0 Å². The smallest absolute Gasteiger partial charge is 0.148 e. The second kappa shape index (κ2) is 5.03. The van der Waals surface area contributed by atoms with E-state index in [2.05, 4.69) is 22.4 Å². The monoisotopic (exact) mass is 260 g/mol. The van der Waals surface area contributed by atoms with Gasteiger partial charge in [0.05, 0.1) is 17.2 Å². The van der Waals surface area contributed by atoms with Crippen molar-refractivity contribution in [2.45, 2.75) is 19.3 Å². The Morgan fingerprint density at radius 1 is 1.10 bits per heavy atom. The van der Waals surface area contributed by atoms with Crippen molar-refractivity contribution in [3.05, 3.63) is 52.7 Å². The molecule has 4 nitrogen and oxygen atoms in total. The largest absolute Gasteiger partial charge is 0.339 e. The molecule has 1 aromatic heterocycles. The Morgan fingerprint density at radius 3 is 2.80 bits per heavy atom. The molecule has 1 aliphatic carbocycles. The van der Waals surface area contributed by atoms with Crippen molar-refractivity contribution in [1.82, 2.24) is 4.98 Å². The predicted molar refractivity (Wildman–Crippen MR) is 75.4 cm³/mol. The highest BCUT2D eigenvalue weighted by atomic mass is 15.0. The Kier molecular flexibility index (Phi) is 3.07. The van der Waals surface area contributed by atoms with Crippen LogP contribution in [-0.4, -0.2) is 4.98 Å². The van der Waals surface area contributed by atoms with Gasteiger partial charge in [0.2, 0.25) is 0 Å². The molecule has 2 aromatic rings. The Hall–Kier alpha value is -2.85. The van der Waals surface area contributed by atoms with Crippen LogP contribution in [0.15, 0.2) is 30.3 Å². The van der Waals surface area contributed by atoms with Crippen molar-refractivity contribution < 1.29 is 0 Å². The number of rotatable bonds is 2. The number of fused-ring (bicyclic) bond motifs is 1. The Bertz CT molecular complexity index is 750. The molecule has 0 saturated carbocycles. The van der Waals surface area contributed by atoms with Crippen molar-refractivity contribution in [3.63, 3.8) is 0 Å². The van der Waals surface area contributed by atoms with Crippen LogP contribution in [0, 0.1) is 22.7 Å². The van der Waals surface area contributed by atoms with Crippen LogP contribution >= 0.6 is 0 Å². The molecule has 0 atom stereocenters. The van der Waals surface area contributed by atoms with Crippen LogP contribution in [0.1, 0.15) is 28.8 Å². The van der Waals surface area contributed by atoms with E-state index < -0.39 is 0 Å². The normalized spacial score (nSPS) is 12.3. The van der Waals surface area contributed by atoms with Crippen LogP contribution in [0.3, 0.4) is 0 Å². The molecule has 1 aromatic carbocycles. The molecule has 0 unspecified atom stereocenters. The summed E-state index contributed by atoms with van der Waals surface area (Å²) in [6.07, 6.45) is 3.07. The third kappa shape index (κ3) is 2.20. The molecular weight excluding hydrogens is 248 g/mol. The number of nitrogens with one attached hydrogen (secondary N) is 1. The highest BCUT2D eigenvalue weighted by Crippen LogP contribution is 2.27. The summed E-state index contributed by atoms with van der Waals surface area (Å²) in [6, 6.07) is 13.4. The van der Waals surface area contributed by atoms with E-state index >= 15 is 0 Å². The molecule has 0 saturated heterocycles. The van der Waals surface area contributed by atoms with E-state index in [1.165, 1.54) is 5.56 Å². The molecule has 0 bridgehead atoms. The van der Waals surface area contributed by atoms with Crippen LogP contribution in [0.4, 0.5) is 11.5 Å². The lowest BCUT2D eigenvalue weighted by Gasteiger charge is -2.09. The number of hydrogen-bond acceptors (Lipinski definition) is 4. The third-order valence-corrected chi connectivity index (χ3v) is 3.43. The quantitative estimate of drug-likeness (QED) is 0.900. The fourth-order valence-corrected chi connectivity index (χ4v) is 2.46. The van der Waals surface area contributed by atoms with E-state index in [4.69, 9.17) is 5.26 Å². The lowest BCUT2D eigenvalue weighted by Crippen LogP contribution is -2.01. The van der Waals surface area contributed by atoms with Gasteiger partial charge >= 0.3 is 0 Å². The Labute approximate surface area is 117 Å². The van der Waals surface area contributed by atoms with Crippen molar-refractivity contribution >= 4 is 11.5 Å². The van der Waals surface area contributed by atoms with E-state index in [1.807, 2.05) is 12.1 Å². The summed E-state index contributed by atoms with van der Waals surface area (Å²) in [6.45, 7) is 0. The van der Waals surface area contributed by atoms with E-state index in [-0.39, 0.29) is 0 Å². The van der Waals surface area contributed by atoms with Crippen molar-refractivity contribution in [2.75, 3.05) is 5.32 Å². The van der Waals surface area contributed by atoms with Crippen LogP contribution in [0.25, 0.3) is 0 Å². The van der Waals surface area contributed by atoms with Gasteiger partial charge in [-0.3, -0.25) is 0 Å². The molecule has 0 amide bonds. The first-order valence-electron chi connectivity index (χ1n) is 6.50. The van der Waals surface area contributed by atoms with Gasteiger partial charge in [0, 0.05) is 11.4 Å².